The molecule has 2 atom stereocenters. The van der Waals surface area contributed by atoms with Crippen molar-refractivity contribution in [2.45, 2.75) is 354 Å². The number of carbonyl (C=O) groups is 2. The Bertz CT molecular complexity index is 1210. The SMILES string of the molecule is CCCCCCCCCCCCCCCCCCCCCCCCCCCCCCCCCCCCCCCCC(=O)OC(COC(=O)CCCCCCCCCCCCCC)COP(=O)(O)OCC[N+](C)(C)C. The summed E-state index contributed by atoms with van der Waals surface area (Å²) in [4.78, 5) is 35.6. The van der Waals surface area contributed by atoms with Crippen molar-refractivity contribution in [1.29, 1.82) is 0 Å². The second-order valence-electron chi connectivity index (χ2n) is 23.9. The highest BCUT2D eigenvalue weighted by Gasteiger charge is 2.27. The number of quaternary nitrogens is 1. The number of unbranched alkanes of at least 4 members (excludes halogenated alkanes) is 48. The van der Waals surface area contributed by atoms with Crippen LogP contribution in [-0.4, -0.2) is 74.9 Å². The van der Waals surface area contributed by atoms with Crippen molar-refractivity contribution >= 4 is 19.8 Å². The van der Waals surface area contributed by atoms with E-state index in [1.54, 1.807) is 0 Å². The molecule has 0 radical (unpaired) electrons. The molecule has 0 bridgehead atoms. The number of esters is 2. The van der Waals surface area contributed by atoms with Gasteiger partial charge in [-0.1, -0.05) is 322 Å². The monoisotopic (exact) mass is 1070 g/mol. The van der Waals surface area contributed by atoms with Crippen LogP contribution < -0.4 is 0 Å². The Morgan fingerprint density at radius 2 is 0.608 bits per heavy atom. The number of ether oxygens (including phenoxy) is 2. The van der Waals surface area contributed by atoms with Gasteiger partial charge < -0.3 is 18.9 Å². The molecule has 0 heterocycles. The summed E-state index contributed by atoms with van der Waals surface area (Å²) in [5.74, 6) is -0.776. The maximum Gasteiger partial charge on any atom is 0.472 e. The van der Waals surface area contributed by atoms with E-state index >= 15 is 0 Å². The van der Waals surface area contributed by atoms with Crippen molar-refractivity contribution in [3.8, 4) is 0 Å². The van der Waals surface area contributed by atoms with Gasteiger partial charge in [0, 0.05) is 12.8 Å². The Morgan fingerprint density at radius 1 is 0.365 bits per heavy atom. The molecule has 2 unspecified atom stereocenters. The predicted molar refractivity (Wildman–Crippen MR) is 317 cm³/mol. The summed E-state index contributed by atoms with van der Waals surface area (Å²) in [6, 6.07) is 0. The van der Waals surface area contributed by atoms with Crippen molar-refractivity contribution < 1.29 is 42.1 Å². The van der Waals surface area contributed by atoms with E-state index in [1.807, 2.05) is 21.1 Å². The number of hydrogen-bond donors (Lipinski definition) is 1. The fourth-order valence-electron chi connectivity index (χ4n) is 10.1. The van der Waals surface area contributed by atoms with Gasteiger partial charge in [0.25, 0.3) is 0 Å². The fraction of sp³-hybridized carbons (Fsp3) is 0.969. The first kappa shape index (κ1) is 73.0. The molecule has 0 aromatic rings. The van der Waals surface area contributed by atoms with Crippen molar-refractivity contribution in [2.24, 2.45) is 0 Å². The van der Waals surface area contributed by atoms with Crippen LogP contribution in [0.25, 0.3) is 0 Å². The number of phosphoric acid groups is 1. The van der Waals surface area contributed by atoms with Gasteiger partial charge in [-0.3, -0.25) is 18.6 Å². The minimum absolute atomic E-state index is 0.0372. The lowest BCUT2D eigenvalue weighted by Crippen LogP contribution is -2.37. The molecule has 0 saturated carbocycles. The molecule has 0 saturated heterocycles. The van der Waals surface area contributed by atoms with Gasteiger partial charge in [-0.25, -0.2) is 4.57 Å². The summed E-state index contributed by atoms with van der Waals surface area (Å²) in [5, 5.41) is 0. The summed E-state index contributed by atoms with van der Waals surface area (Å²) in [7, 11) is 1.50. The standard InChI is InChI=1S/C64H128NO8P/c1-6-8-10-12-14-16-18-20-21-22-23-24-25-26-27-28-29-30-31-32-33-34-35-36-37-38-39-40-41-42-43-44-45-47-49-51-53-55-57-64(67)73-62(61-72-74(68,69)71-59-58-65(3,4)5)60-70-63(66)56-54-52-50-48-46-19-17-15-13-11-9-7-2/h62H,6-61H2,1-5H3/p+1. The molecule has 0 aliphatic rings. The molecule has 442 valence electrons. The van der Waals surface area contributed by atoms with E-state index in [1.165, 1.54) is 283 Å². The van der Waals surface area contributed by atoms with Crippen molar-refractivity contribution in [3.05, 3.63) is 0 Å². The molecular formula is C64H129NO8P+. The lowest BCUT2D eigenvalue weighted by Gasteiger charge is -2.24. The second kappa shape index (κ2) is 56.7. The van der Waals surface area contributed by atoms with Crippen LogP contribution in [-0.2, 0) is 32.7 Å². The van der Waals surface area contributed by atoms with E-state index < -0.39 is 26.5 Å². The molecule has 0 rings (SSSR count). The van der Waals surface area contributed by atoms with Gasteiger partial charge in [0.05, 0.1) is 27.7 Å². The molecule has 1 N–H and O–H groups in total. The third kappa shape index (κ3) is 60.2. The Labute approximate surface area is 461 Å². The number of likely N-dealkylation sites (N-methyl/N-ethyl adjacent to an activating group) is 1. The van der Waals surface area contributed by atoms with Crippen molar-refractivity contribution in [1.82, 2.24) is 0 Å². The summed E-state index contributed by atoms with van der Waals surface area (Å²) in [6.07, 6.45) is 66.6. The maximum atomic E-state index is 12.8. The second-order valence-corrected chi connectivity index (χ2v) is 25.3. The van der Waals surface area contributed by atoms with E-state index in [0.29, 0.717) is 17.4 Å². The first-order chi connectivity index (χ1) is 36.0. The Kier molecular flexibility index (Phi) is 56.0. The van der Waals surface area contributed by atoms with E-state index in [0.717, 1.165) is 38.5 Å². The van der Waals surface area contributed by atoms with Crippen LogP contribution in [0, 0.1) is 0 Å². The van der Waals surface area contributed by atoms with Crippen LogP contribution in [0.3, 0.4) is 0 Å². The number of nitrogens with zero attached hydrogens (tertiary/aromatic N) is 1. The maximum absolute atomic E-state index is 12.8. The minimum atomic E-state index is -4.38. The van der Waals surface area contributed by atoms with Crippen molar-refractivity contribution in [2.75, 3.05) is 47.5 Å². The zero-order valence-electron chi connectivity index (χ0n) is 50.4. The zero-order chi connectivity index (χ0) is 54.2. The molecule has 0 fully saturated rings. The molecule has 10 heteroatoms. The topological polar surface area (TPSA) is 108 Å². The Balaban J connectivity index is 3.81. The third-order valence-corrected chi connectivity index (χ3v) is 16.1. The average molecular weight is 1070 g/mol. The third-order valence-electron chi connectivity index (χ3n) is 15.1. The van der Waals surface area contributed by atoms with Gasteiger partial charge >= 0.3 is 19.8 Å². The van der Waals surface area contributed by atoms with Gasteiger partial charge in [-0.2, -0.15) is 0 Å². The van der Waals surface area contributed by atoms with Gasteiger partial charge in [0.15, 0.2) is 6.10 Å². The van der Waals surface area contributed by atoms with Crippen LogP contribution >= 0.6 is 7.82 Å². The highest BCUT2D eigenvalue weighted by atomic mass is 31.2. The average Bonchev–Trinajstić information content (AvgIpc) is 3.36. The molecule has 0 spiro atoms. The summed E-state index contributed by atoms with van der Waals surface area (Å²) < 4.78 is 34.5. The van der Waals surface area contributed by atoms with E-state index in [9.17, 15) is 19.0 Å². The van der Waals surface area contributed by atoms with Crippen molar-refractivity contribution in [3.63, 3.8) is 0 Å². The van der Waals surface area contributed by atoms with Gasteiger partial charge in [-0.15, -0.1) is 0 Å². The van der Waals surface area contributed by atoms with Gasteiger partial charge in [0.2, 0.25) is 0 Å². The molecule has 74 heavy (non-hydrogen) atoms. The number of carbonyl (C=O) groups excluding carboxylic acids is 2. The number of rotatable bonds is 62. The molecule has 0 aliphatic carbocycles. The minimum Gasteiger partial charge on any atom is -0.462 e. The molecular weight excluding hydrogens is 942 g/mol. The molecule has 0 aromatic carbocycles. The smallest absolute Gasteiger partial charge is 0.462 e. The first-order valence-electron chi connectivity index (χ1n) is 32.8. The predicted octanol–water partition coefficient (Wildman–Crippen LogP) is 20.6. The Hall–Kier alpha value is -0.990. The van der Waals surface area contributed by atoms with Crippen LogP contribution in [0.4, 0.5) is 0 Å². The van der Waals surface area contributed by atoms with E-state index in [2.05, 4.69) is 13.8 Å². The lowest BCUT2D eigenvalue weighted by molar-refractivity contribution is -0.870. The van der Waals surface area contributed by atoms with Crippen LogP contribution in [0.1, 0.15) is 348 Å². The highest BCUT2D eigenvalue weighted by molar-refractivity contribution is 7.47. The quantitative estimate of drug-likeness (QED) is 0.0278. The summed E-state index contributed by atoms with van der Waals surface area (Å²) >= 11 is 0. The number of phosphoric ester groups is 1. The summed E-state index contributed by atoms with van der Waals surface area (Å²) in [6.45, 7) is 4.49. The van der Waals surface area contributed by atoms with E-state index in [4.69, 9.17) is 18.5 Å². The molecule has 0 aromatic heterocycles. The summed E-state index contributed by atoms with van der Waals surface area (Å²) in [5.41, 5.74) is 0. The normalized spacial score (nSPS) is 13.1. The number of hydrogen-bond acceptors (Lipinski definition) is 7. The van der Waals surface area contributed by atoms with Crippen LogP contribution in [0.2, 0.25) is 0 Å². The largest absolute Gasteiger partial charge is 0.472 e. The lowest BCUT2D eigenvalue weighted by atomic mass is 10.0. The fourth-order valence-corrected chi connectivity index (χ4v) is 10.8. The molecule has 0 amide bonds. The highest BCUT2D eigenvalue weighted by Crippen LogP contribution is 2.43. The molecule has 9 nitrogen and oxygen atoms in total. The Morgan fingerprint density at radius 3 is 0.865 bits per heavy atom. The molecule has 0 aliphatic heterocycles. The van der Waals surface area contributed by atoms with Crippen LogP contribution in [0.5, 0.6) is 0 Å². The van der Waals surface area contributed by atoms with E-state index in [-0.39, 0.29) is 25.6 Å². The van der Waals surface area contributed by atoms with Gasteiger partial charge in [0.1, 0.15) is 19.8 Å². The first-order valence-corrected chi connectivity index (χ1v) is 34.3. The van der Waals surface area contributed by atoms with Crippen LogP contribution in [0.15, 0.2) is 0 Å². The van der Waals surface area contributed by atoms with Gasteiger partial charge in [-0.05, 0) is 12.8 Å². The zero-order valence-corrected chi connectivity index (χ0v) is 51.3.